The Kier molecular flexibility index (Phi) is 2.87. The van der Waals surface area contributed by atoms with Crippen LogP contribution in [-0.2, 0) is 7.05 Å². The van der Waals surface area contributed by atoms with E-state index in [2.05, 4.69) is 15.4 Å². The number of nitrogens with zero attached hydrogens (tertiary/aromatic N) is 3. The second-order valence-corrected chi connectivity index (χ2v) is 3.59. The second-order valence-electron chi connectivity index (χ2n) is 3.20. The van der Waals surface area contributed by atoms with Gasteiger partial charge in [-0.05, 0) is 12.1 Å². The summed E-state index contributed by atoms with van der Waals surface area (Å²) >= 11 is 5.70. The van der Waals surface area contributed by atoms with Crippen molar-refractivity contribution in [2.45, 2.75) is 0 Å². The Bertz CT molecular complexity index is 523. The molecule has 0 aliphatic heterocycles. The molecule has 5 nitrogen and oxygen atoms in total. The topological polar surface area (TPSA) is 59.8 Å². The van der Waals surface area contributed by atoms with E-state index in [0.717, 1.165) is 0 Å². The predicted molar refractivity (Wildman–Crippen MR) is 60.4 cm³/mol. The number of rotatable bonds is 2. The molecule has 1 amide bonds. The van der Waals surface area contributed by atoms with E-state index < -0.39 is 0 Å². The van der Waals surface area contributed by atoms with E-state index in [1.807, 2.05) is 0 Å². The molecule has 16 heavy (non-hydrogen) atoms. The minimum atomic E-state index is -0.261. The number of amides is 1. The number of hydrogen-bond donors (Lipinski definition) is 1. The molecule has 6 heteroatoms. The van der Waals surface area contributed by atoms with Crippen molar-refractivity contribution in [1.29, 1.82) is 0 Å². The van der Waals surface area contributed by atoms with E-state index in [9.17, 15) is 4.79 Å². The quantitative estimate of drug-likeness (QED) is 0.808. The summed E-state index contributed by atoms with van der Waals surface area (Å²) in [4.78, 5) is 15.6. The van der Waals surface area contributed by atoms with Gasteiger partial charge in [0.15, 0.2) is 0 Å². The first-order valence-electron chi connectivity index (χ1n) is 4.58. The summed E-state index contributed by atoms with van der Waals surface area (Å²) < 4.78 is 1.56. The third kappa shape index (κ3) is 2.38. The SMILES string of the molecule is Cn1cc(C(=O)Nc2cccc(Cl)n2)cn1. The number of carbonyl (C=O) groups is 1. The summed E-state index contributed by atoms with van der Waals surface area (Å²) in [5.74, 6) is 0.157. The molecule has 0 unspecified atom stereocenters. The van der Waals surface area contributed by atoms with Crippen LogP contribution >= 0.6 is 11.6 Å². The summed E-state index contributed by atoms with van der Waals surface area (Å²) in [6.45, 7) is 0. The maximum Gasteiger partial charge on any atom is 0.260 e. The number of hydrogen-bond acceptors (Lipinski definition) is 3. The minimum Gasteiger partial charge on any atom is -0.306 e. The summed E-state index contributed by atoms with van der Waals surface area (Å²) in [7, 11) is 1.74. The van der Waals surface area contributed by atoms with Gasteiger partial charge in [-0.3, -0.25) is 9.48 Å². The number of nitrogens with one attached hydrogen (secondary N) is 1. The van der Waals surface area contributed by atoms with Crippen LogP contribution in [0, 0.1) is 0 Å². The summed E-state index contributed by atoms with van der Waals surface area (Å²) in [6, 6.07) is 5.02. The Morgan fingerprint density at radius 1 is 1.50 bits per heavy atom. The summed E-state index contributed by atoms with van der Waals surface area (Å²) in [6.07, 6.45) is 3.11. The van der Waals surface area contributed by atoms with E-state index in [1.54, 1.807) is 36.1 Å². The Hall–Kier alpha value is -1.88. The van der Waals surface area contributed by atoms with Gasteiger partial charge in [0.2, 0.25) is 0 Å². The van der Waals surface area contributed by atoms with Crippen LogP contribution in [0.3, 0.4) is 0 Å². The van der Waals surface area contributed by atoms with E-state index in [4.69, 9.17) is 11.6 Å². The fourth-order valence-corrected chi connectivity index (χ4v) is 1.37. The lowest BCUT2D eigenvalue weighted by molar-refractivity contribution is 0.102. The van der Waals surface area contributed by atoms with E-state index in [-0.39, 0.29) is 5.91 Å². The van der Waals surface area contributed by atoms with Gasteiger partial charge in [-0.1, -0.05) is 17.7 Å². The molecule has 0 atom stereocenters. The standard InChI is InChI=1S/C10H9ClN4O/c1-15-6-7(5-12-15)10(16)14-9-4-2-3-8(11)13-9/h2-6H,1H3,(H,13,14,16). The van der Waals surface area contributed by atoms with Crippen molar-refractivity contribution < 1.29 is 4.79 Å². The monoisotopic (exact) mass is 236 g/mol. The highest BCUT2D eigenvalue weighted by atomic mass is 35.5. The molecule has 0 aromatic carbocycles. The van der Waals surface area contributed by atoms with Gasteiger partial charge < -0.3 is 5.32 Å². The van der Waals surface area contributed by atoms with Crippen LogP contribution < -0.4 is 5.32 Å². The van der Waals surface area contributed by atoms with E-state index in [1.165, 1.54) is 6.20 Å². The highest BCUT2D eigenvalue weighted by Gasteiger charge is 2.08. The molecule has 2 rings (SSSR count). The molecular formula is C10H9ClN4O. The van der Waals surface area contributed by atoms with Gasteiger partial charge in [-0.15, -0.1) is 0 Å². The van der Waals surface area contributed by atoms with Gasteiger partial charge >= 0.3 is 0 Å². The first kappa shape index (κ1) is 10.6. The fourth-order valence-electron chi connectivity index (χ4n) is 1.20. The molecule has 0 radical (unpaired) electrons. The molecule has 0 fully saturated rings. The lowest BCUT2D eigenvalue weighted by Gasteiger charge is -2.01. The van der Waals surface area contributed by atoms with Crippen molar-refractivity contribution in [3.8, 4) is 0 Å². The smallest absolute Gasteiger partial charge is 0.260 e. The molecule has 0 saturated heterocycles. The number of halogens is 1. The molecule has 0 bridgehead atoms. The van der Waals surface area contributed by atoms with Crippen molar-refractivity contribution >= 4 is 23.3 Å². The normalized spacial score (nSPS) is 10.1. The maximum atomic E-state index is 11.7. The van der Waals surface area contributed by atoms with Crippen LogP contribution in [0.2, 0.25) is 5.15 Å². The third-order valence-corrected chi connectivity index (χ3v) is 2.13. The summed E-state index contributed by atoms with van der Waals surface area (Å²) in [5.41, 5.74) is 0.476. The molecular weight excluding hydrogens is 228 g/mol. The first-order chi connectivity index (χ1) is 7.65. The van der Waals surface area contributed by atoms with E-state index >= 15 is 0 Å². The highest BCUT2D eigenvalue weighted by molar-refractivity contribution is 6.29. The number of anilines is 1. The lowest BCUT2D eigenvalue weighted by atomic mass is 10.3. The Labute approximate surface area is 97.1 Å². The predicted octanol–water partition coefficient (Wildman–Crippen LogP) is 1.72. The van der Waals surface area contributed by atoms with Gasteiger partial charge in [0, 0.05) is 13.2 Å². The molecule has 0 spiro atoms. The average molecular weight is 237 g/mol. The molecule has 82 valence electrons. The number of carbonyl (C=O) groups excluding carboxylic acids is 1. The molecule has 2 heterocycles. The molecule has 2 aromatic rings. The van der Waals surface area contributed by atoms with Gasteiger partial charge in [0.05, 0.1) is 11.8 Å². The van der Waals surface area contributed by atoms with Crippen molar-refractivity contribution in [2.75, 3.05) is 5.32 Å². The maximum absolute atomic E-state index is 11.7. The molecule has 2 aromatic heterocycles. The van der Waals surface area contributed by atoms with Gasteiger partial charge in [-0.2, -0.15) is 5.10 Å². The number of aromatic nitrogens is 3. The van der Waals surface area contributed by atoms with Crippen molar-refractivity contribution in [3.63, 3.8) is 0 Å². The van der Waals surface area contributed by atoms with Crippen LogP contribution in [-0.4, -0.2) is 20.7 Å². The molecule has 0 saturated carbocycles. The zero-order chi connectivity index (χ0) is 11.5. The van der Waals surface area contributed by atoms with Crippen LogP contribution in [0.4, 0.5) is 5.82 Å². The van der Waals surface area contributed by atoms with Gasteiger partial charge in [-0.25, -0.2) is 4.98 Å². The molecule has 0 aliphatic carbocycles. The third-order valence-electron chi connectivity index (χ3n) is 1.92. The van der Waals surface area contributed by atoms with Crippen LogP contribution in [0.5, 0.6) is 0 Å². The first-order valence-corrected chi connectivity index (χ1v) is 4.95. The largest absolute Gasteiger partial charge is 0.306 e. The van der Waals surface area contributed by atoms with Crippen LogP contribution in [0.1, 0.15) is 10.4 Å². The van der Waals surface area contributed by atoms with Crippen molar-refractivity contribution in [3.05, 3.63) is 41.3 Å². The highest BCUT2D eigenvalue weighted by Crippen LogP contribution is 2.10. The zero-order valence-corrected chi connectivity index (χ0v) is 9.27. The van der Waals surface area contributed by atoms with Gasteiger partial charge in [0.25, 0.3) is 5.91 Å². The summed E-state index contributed by atoms with van der Waals surface area (Å²) in [5, 5.41) is 6.87. The number of aryl methyl sites for hydroxylation is 1. The van der Waals surface area contributed by atoms with Crippen molar-refractivity contribution in [1.82, 2.24) is 14.8 Å². The fraction of sp³-hybridized carbons (Fsp3) is 0.100. The Morgan fingerprint density at radius 3 is 2.94 bits per heavy atom. The minimum absolute atomic E-state index is 0.261. The van der Waals surface area contributed by atoms with Gasteiger partial charge in [0.1, 0.15) is 11.0 Å². The second kappa shape index (κ2) is 4.32. The lowest BCUT2D eigenvalue weighted by Crippen LogP contribution is -2.12. The van der Waals surface area contributed by atoms with Crippen LogP contribution in [0.15, 0.2) is 30.6 Å². The Morgan fingerprint density at radius 2 is 2.31 bits per heavy atom. The average Bonchev–Trinajstić information content (AvgIpc) is 2.65. The number of pyridine rings is 1. The molecule has 0 aliphatic rings. The Balaban J connectivity index is 2.13. The molecule has 1 N–H and O–H groups in total. The van der Waals surface area contributed by atoms with Crippen molar-refractivity contribution in [2.24, 2.45) is 7.05 Å². The van der Waals surface area contributed by atoms with Crippen LogP contribution in [0.25, 0.3) is 0 Å². The zero-order valence-electron chi connectivity index (χ0n) is 8.51. The van der Waals surface area contributed by atoms with E-state index in [0.29, 0.717) is 16.5 Å².